The molecule has 6 nitrogen and oxygen atoms in total. The molecule has 1 saturated carbocycles. The van der Waals surface area contributed by atoms with Gasteiger partial charge in [-0.3, -0.25) is 0 Å². The van der Waals surface area contributed by atoms with Gasteiger partial charge in [0, 0.05) is 0 Å². The summed E-state index contributed by atoms with van der Waals surface area (Å²) in [6.45, 7) is 12.5. The van der Waals surface area contributed by atoms with Gasteiger partial charge in [-0.2, -0.15) is 0 Å². The number of hydrogen-bond acceptors (Lipinski definition) is 4. The van der Waals surface area contributed by atoms with Crippen molar-refractivity contribution in [3.8, 4) is 0 Å². The third-order valence-electron chi connectivity index (χ3n) is 5.00. The molecule has 7 heteroatoms. The van der Waals surface area contributed by atoms with Crippen molar-refractivity contribution in [1.82, 2.24) is 0 Å². The van der Waals surface area contributed by atoms with E-state index >= 15 is 0 Å². The maximum absolute atomic E-state index is 12.1. The van der Waals surface area contributed by atoms with Crippen molar-refractivity contribution in [3.63, 3.8) is 0 Å². The number of ether oxygens (including phenoxy) is 1. The SMILES string of the molecule is CC(C)[Si](OC(=O)N=NC(=O)OC1CCCCC1)(C(C)C)C(C)C. The van der Waals surface area contributed by atoms with Gasteiger partial charge < -0.3 is 9.16 Å². The minimum Gasteiger partial charge on any atom is -0.500 e. The van der Waals surface area contributed by atoms with Crippen LogP contribution in [0.15, 0.2) is 10.2 Å². The summed E-state index contributed by atoms with van der Waals surface area (Å²) < 4.78 is 11.0. The lowest BCUT2D eigenvalue weighted by Gasteiger charge is -2.40. The van der Waals surface area contributed by atoms with Crippen LogP contribution < -0.4 is 0 Å². The molecule has 0 aromatic heterocycles. The molecule has 138 valence electrons. The van der Waals surface area contributed by atoms with Gasteiger partial charge in [0.1, 0.15) is 6.10 Å². The quantitative estimate of drug-likeness (QED) is 0.432. The molecule has 0 unspecified atom stereocenters. The lowest BCUT2D eigenvalue weighted by atomic mass is 9.98. The smallest absolute Gasteiger partial charge is 0.452 e. The first-order valence-electron chi connectivity index (χ1n) is 9.05. The second-order valence-corrected chi connectivity index (χ2v) is 12.9. The normalized spacial score (nSPS) is 17.0. The molecule has 0 aliphatic heterocycles. The number of nitrogens with zero attached hydrogens (tertiary/aromatic N) is 2. The summed E-state index contributed by atoms with van der Waals surface area (Å²) in [5.41, 5.74) is 0.766. The van der Waals surface area contributed by atoms with Crippen molar-refractivity contribution < 1.29 is 18.8 Å². The van der Waals surface area contributed by atoms with Crippen LogP contribution in [-0.4, -0.2) is 26.6 Å². The zero-order chi connectivity index (χ0) is 18.3. The van der Waals surface area contributed by atoms with Crippen LogP contribution in [0.2, 0.25) is 16.6 Å². The molecule has 0 radical (unpaired) electrons. The molecule has 24 heavy (non-hydrogen) atoms. The maximum atomic E-state index is 12.1. The summed E-state index contributed by atoms with van der Waals surface area (Å²) in [5, 5.41) is 6.84. The average molecular weight is 357 g/mol. The van der Waals surface area contributed by atoms with Crippen LogP contribution in [0.5, 0.6) is 0 Å². The molecular weight excluding hydrogens is 324 g/mol. The molecule has 0 spiro atoms. The lowest BCUT2D eigenvalue weighted by Crippen LogP contribution is -2.48. The molecule has 0 bridgehead atoms. The van der Waals surface area contributed by atoms with E-state index in [0.29, 0.717) is 0 Å². The van der Waals surface area contributed by atoms with E-state index in [1.807, 2.05) is 0 Å². The third-order valence-corrected chi connectivity index (χ3v) is 10.9. The zero-order valence-corrected chi connectivity index (χ0v) is 16.9. The van der Waals surface area contributed by atoms with Crippen molar-refractivity contribution in [2.45, 2.75) is 96.4 Å². The van der Waals surface area contributed by atoms with Gasteiger partial charge in [0.05, 0.1) is 0 Å². The molecule has 1 aliphatic rings. The fourth-order valence-electron chi connectivity index (χ4n) is 3.96. The first-order chi connectivity index (χ1) is 11.2. The Morgan fingerprint density at radius 3 is 1.75 bits per heavy atom. The molecule has 0 heterocycles. The van der Waals surface area contributed by atoms with Gasteiger partial charge in [0.15, 0.2) is 0 Å². The molecule has 0 atom stereocenters. The van der Waals surface area contributed by atoms with Gasteiger partial charge in [0.25, 0.3) is 8.32 Å². The van der Waals surface area contributed by atoms with E-state index in [2.05, 4.69) is 51.8 Å². The summed E-state index contributed by atoms with van der Waals surface area (Å²) in [7, 11) is -2.36. The molecule has 0 saturated heterocycles. The van der Waals surface area contributed by atoms with Crippen LogP contribution in [-0.2, 0) is 9.16 Å². The standard InChI is InChI=1S/C17H32N2O4Si/c1-12(2)24(13(3)4,14(5)6)23-17(21)19-18-16(20)22-15-10-8-7-9-11-15/h12-15H,7-11H2,1-6H3. The van der Waals surface area contributed by atoms with Crippen molar-refractivity contribution in [3.05, 3.63) is 0 Å². The fourth-order valence-corrected chi connectivity index (χ4v) is 9.01. The number of azo groups is 1. The summed E-state index contributed by atoms with van der Waals surface area (Å²) in [6.07, 6.45) is 3.32. The number of rotatable bonds is 5. The van der Waals surface area contributed by atoms with Crippen molar-refractivity contribution in [2.24, 2.45) is 10.2 Å². The van der Waals surface area contributed by atoms with Gasteiger partial charge >= 0.3 is 12.2 Å². The van der Waals surface area contributed by atoms with E-state index in [4.69, 9.17) is 9.16 Å². The molecule has 0 aromatic carbocycles. The lowest BCUT2D eigenvalue weighted by molar-refractivity contribution is 0.0816. The van der Waals surface area contributed by atoms with Gasteiger partial charge in [-0.1, -0.05) is 58.2 Å². The first-order valence-corrected chi connectivity index (χ1v) is 11.2. The Morgan fingerprint density at radius 1 is 0.833 bits per heavy atom. The highest BCUT2D eigenvalue weighted by atomic mass is 28.4. The predicted molar refractivity (Wildman–Crippen MR) is 95.7 cm³/mol. The fraction of sp³-hybridized carbons (Fsp3) is 0.882. The monoisotopic (exact) mass is 356 g/mol. The third kappa shape index (κ3) is 5.39. The van der Waals surface area contributed by atoms with E-state index in [1.165, 1.54) is 6.42 Å². The second kappa shape index (κ2) is 9.29. The van der Waals surface area contributed by atoms with Crippen LogP contribution in [0, 0.1) is 0 Å². The predicted octanol–water partition coefficient (Wildman–Crippen LogP) is 6.22. The van der Waals surface area contributed by atoms with Gasteiger partial charge in [-0.25, -0.2) is 9.59 Å². The topological polar surface area (TPSA) is 77.3 Å². The highest BCUT2D eigenvalue weighted by molar-refractivity contribution is 6.78. The van der Waals surface area contributed by atoms with E-state index in [1.54, 1.807) is 0 Å². The second-order valence-electron chi connectivity index (χ2n) is 7.53. The Kier molecular flexibility index (Phi) is 8.06. The molecule has 1 rings (SSSR count). The van der Waals surface area contributed by atoms with Gasteiger partial charge in [-0.05, 0) is 42.3 Å². The van der Waals surface area contributed by atoms with Crippen LogP contribution in [0.3, 0.4) is 0 Å². The van der Waals surface area contributed by atoms with E-state index < -0.39 is 20.5 Å². The number of carbonyl (C=O) groups excluding carboxylic acids is 2. The first kappa shape index (κ1) is 20.8. The number of hydrogen-bond donors (Lipinski definition) is 0. The number of carbonyl (C=O) groups is 2. The van der Waals surface area contributed by atoms with Crippen molar-refractivity contribution in [2.75, 3.05) is 0 Å². The van der Waals surface area contributed by atoms with Crippen LogP contribution >= 0.6 is 0 Å². The summed E-state index contributed by atoms with van der Waals surface area (Å²) in [4.78, 5) is 23.8. The summed E-state index contributed by atoms with van der Waals surface area (Å²) in [5.74, 6) is 0. The minimum absolute atomic E-state index is 0.100. The summed E-state index contributed by atoms with van der Waals surface area (Å²) >= 11 is 0. The summed E-state index contributed by atoms with van der Waals surface area (Å²) in [6, 6.07) is 0. The Labute approximate surface area is 146 Å². The van der Waals surface area contributed by atoms with Crippen LogP contribution in [0.1, 0.15) is 73.6 Å². The molecule has 2 amide bonds. The molecule has 1 fully saturated rings. The van der Waals surface area contributed by atoms with Crippen LogP contribution in [0.4, 0.5) is 9.59 Å². The van der Waals surface area contributed by atoms with Crippen molar-refractivity contribution in [1.29, 1.82) is 0 Å². The zero-order valence-electron chi connectivity index (χ0n) is 15.9. The molecule has 0 aromatic rings. The molecule has 0 N–H and O–H groups in total. The Bertz CT molecular complexity index is 436. The minimum atomic E-state index is -2.36. The Balaban J connectivity index is 2.66. The largest absolute Gasteiger partial charge is 0.500 e. The van der Waals surface area contributed by atoms with E-state index in [-0.39, 0.29) is 22.7 Å². The number of amides is 2. The van der Waals surface area contributed by atoms with E-state index in [0.717, 1.165) is 25.7 Å². The maximum Gasteiger partial charge on any atom is 0.452 e. The van der Waals surface area contributed by atoms with E-state index in [9.17, 15) is 9.59 Å². The Hall–Kier alpha value is -1.24. The van der Waals surface area contributed by atoms with Gasteiger partial charge in [-0.15, -0.1) is 0 Å². The van der Waals surface area contributed by atoms with Crippen molar-refractivity contribution >= 4 is 20.5 Å². The molecular formula is C17H32N2O4Si. The highest BCUT2D eigenvalue weighted by Crippen LogP contribution is 2.42. The van der Waals surface area contributed by atoms with Crippen LogP contribution in [0.25, 0.3) is 0 Å². The van der Waals surface area contributed by atoms with Gasteiger partial charge in [0.2, 0.25) is 0 Å². The highest BCUT2D eigenvalue weighted by Gasteiger charge is 2.48. The average Bonchev–Trinajstić information content (AvgIpc) is 2.50. The Morgan fingerprint density at radius 2 is 1.29 bits per heavy atom. The molecule has 1 aliphatic carbocycles.